The van der Waals surface area contributed by atoms with Crippen LogP contribution in [0.4, 0.5) is 0 Å². The van der Waals surface area contributed by atoms with E-state index in [2.05, 4.69) is 5.32 Å². The number of benzene rings is 1. The second kappa shape index (κ2) is 9.83. The molecule has 1 N–H and O–H groups in total. The number of nitrogens with one attached hydrogen (secondary N) is 1. The van der Waals surface area contributed by atoms with Gasteiger partial charge in [0.25, 0.3) is 5.91 Å². The fraction of sp³-hybridized carbons (Fsp3) is 0.500. The lowest BCUT2D eigenvalue weighted by atomic mass is 10.1. The maximum absolute atomic E-state index is 12.9. The van der Waals surface area contributed by atoms with Gasteiger partial charge in [0, 0.05) is 33.1 Å². The fourth-order valence-corrected chi connectivity index (χ4v) is 3.53. The van der Waals surface area contributed by atoms with Crippen LogP contribution < -0.4 is 5.32 Å². The molecule has 0 saturated carbocycles. The molecule has 1 unspecified atom stereocenters. The van der Waals surface area contributed by atoms with Crippen molar-refractivity contribution in [3.8, 4) is 0 Å². The Balaban J connectivity index is 2.04. The molecule has 26 heavy (non-hydrogen) atoms. The van der Waals surface area contributed by atoms with Gasteiger partial charge in [-0.05, 0) is 30.6 Å². The van der Waals surface area contributed by atoms with Crippen LogP contribution in [0, 0.1) is 0 Å². The first-order valence-electron chi connectivity index (χ1n) is 8.52. The van der Waals surface area contributed by atoms with E-state index in [9.17, 15) is 14.4 Å². The molecule has 142 valence electrons. The lowest BCUT2D eigenvalue weighted by Crippen LogP contribution is -2.55. The number of rotatable bonds is 6. The fourth-order valence-electron chi connectivity index (χ4n) is 2.84. The van der Waals surface area contributed by atoms with Crippen molar-refractivity contribution in [3.05, 3.63) is 34.9 Å². The Kier molecular flexibility index (Phi) is 7.78. The molecule has 1 aliphatic rings. The normalized spacial score (nSPS) is 15.5. The van der Waals surface area contributed by atoms with Crippen LogP contribution in [0.2, 0.25) is 5.02 Å². The van der Waals surface area contributed by atoms with Gasteiger partial charge in [-0.15, -0.1) is 0 Å². The van der Waals surface area contributed by atoms with Crippen molar-refractivity contribution in [3.63, 3.8) is 0 Å². The predicted molar refractivity (Wildman–Crippen MR) is 105 cm³/mol. The van der Waals surface area contributed by atoms with E-state index in [1.54, 1.807) is 45.8 Å². The van der Waals surface area contributed by atoms with E-state index < -0.39 is 6.04 Å². The van der Waals surface area contributed by atoms with Crippen LogP contribution in [0.1, 0.15) is 23.7 Å². The van der Waals surface area contributed by atoms with Crippen molar-refractivity contribution >= 4 is 41.1 Å². The van der Waals surface area contributed by atoms with Gasteiger partial charge in [0.05, 0.1) is 10.6 Å². The Bertz CT molecular complexity index is 663. The van der Waals surface area contributed by atoms with E-state index in [-0.39, 0.29) is 17.7 Å². The van der Waals surface area contributed by atoms with Crippen molar-refractivity contribution in [1.29, 1.82) is 0 Å². The van der Waals surface area contributed by atoms with E-state index >= 15 is 0 Å². The van der Waals surface area contributed by atoms with Crippen LogP contribution in [0.15, 0.2) is 24.3 Å². The summed E-state index contributed by atoms with van der Waals surface area (Å²) in [6.45, 7) is 3.54. The van der Waals surface area contributed by atoms with Crippen LogP contribution in [0.3, 0.4) is 0 Å². The molecule has 6 nitrogen and oxygen atoms in total. The summed E-state index contributed by atoms with van der Waals surface area (Å²) in [7, 11) is 0. The Morgan fingerprint density at radius 1 is 1.15 bits per heavy atom. The zero-order chi connectivity index (χ0) is 19.1. The standard InChI is InChI=1S/C18H24ClN3O3S/c1-13(23)21-8-10-22(11-9-21)18(25)16(7-12-26-2)20-17(24)14-5-3-4-6-15(14)19/h3-6,16H,7-12H2,1-2H3,(H,20,24). The van der Waals surface area contributed by atoms with Crippen LogP contribution in [-0.4, -0.2) is 71.8 Å². The molecule has 1 aliphatic heterocycles. The van der Waals surface area contributed by atoms with Crippen molar-refractivity contribution in [2.24, 2.45) is 0 Å². The molecule has 2 rings (SSSR count). The Morgan fingerprint density at radius 2 is 1.77 bits per heavy atom. The maximum atomic E-state index is 12.9. The lowest BCUT2D eigenvalue weighted by Gasteiger charge is -2.36. The summed E-state index contributed by atoms with van der Waals surface area (Å²) in [5.41, 5.74) is 0.359. The number of hydrogen-bond acceptors (Lipinski definition) is 4. The molecule has 0 spiro atoms. The van der Waals surface area contributed by atoms with Crippen molar-refractivity contribution in [2.45, 2.75) is 19.4 Å². The van der Waals surface area contributed by atoms with Crippen molar-refractivity contribution < 1.29 is 14.4 Å². The van der Waals surface area contributed by atoms with E-state index in [4.69, 9.17) is 11.6 Å². The third kappa shape index (κ3) is 5.38. The minimum absolute atomic E-state index is 0.0167. The largest absolute Gasteiger partial charge is 0.340 e. The van der Waals surface area contributed by atoms with Crippen LogP contribution >= 0.6 is 23.4 Å². The molecule has 0 bridgehead atoms. The monoisotopic (exact) mass is 397 g/mol. The third-order valence-corrected chi connectivity index (χ3v) is 5.34. The van der Waals surface area contributed by atoms with Gasteiger partial charge in [0.1, 0.15) is 6.04 Å². The minimum atomic E-state index is -0.602. The smallest absolute Gasteiger partial charge is 0.253 e. The second-order valence-corrected chi connectivity index (χ2v) is 7.51. The molecule has 0 aromatic heterocycles. The van der Waals surface area contributed by atoms with Gasteiger partial charge < -0.3 is 15.1 Å². The van der Waals surface area contributed by atoms with Gasteiger partial charge in [0.2, 0.25) is 11.8 Å². The van der Waals surface area contributed by atoms with E-state index in [1.807, 2.05) is 6.26 Å². The minimum Gasteiger partial charge on any atom is -0.340 e. The highest BCUT2D eigenvalue weighted by molar-refractivity contribution is 7.98. The first-order valence-corrected chi connectivity index (χ1v) is 10.3. The zero-order valence-electron chi connectivity index (χ0n) is 15.0. The topological polar surface area (TPSA) is 69.7 Å². The highest BCUT2D eigenvalue weighted by Gasteiger charge is 2.29. The second-order valence-electron chi connectivity index (χ2n) is 6.12. The molecule has 1 heterocycles. The molecular formula is C18H24ClN3O3S. The summed E-state index contributed by atoms with van der Waals surface area (Å²) < 4.78 is 0. The number of nitrogens with zero attached hydrogens (tertiary/aromatic N) is 2. The third-order valence-electron chi connectivity index (χ3n) is 4.37. The summed E-state index contributed by atoms with van der Waals surface area (Å²) in [5.74, 6) is 0.315. The van der Waals surface area contributed by atoms with Gasteiger partial charge in [-0.3, -0.25) is 14.4 Å². The molecule has 1 fully saturated rings. The molecule has 1 aromatic rings. The summed E-state index contributed by atoms with van der Waals surface area (Å²) in [4.78, 5) is 40.3. The molecule has 1 atom stereocenters. The van der Waals surface area contributed by atoms with E-state index in [0.29, 0.717) is 43.2 Å². The van der Waals surface area contributed by atoms with E-state index in [1.165, 1.54) is 6.92 Å². The molecule has 1 aromatic carbocycles. The zero-order valence-corrected chi connectivity index (χ0v) is 16.6. The summed E-state index contributed by atoms with van der Waals surface area (Å²) >= 11 is 7.71. The van der Waals surface area contributed by atoms with Crippen LogP contribution in [0.25, 0.3) is 0 Å². The maximum Gasteiger partial charge on any atom is 0.253 e. The lowest BCUT2D eigenvalue weighted by molar-refractivity contribution is -0.139. The molecule has 0 radical (unpaired) electrons. The van der Waals surface area contributed by atoms with E-state index in [0.717, 1.165) is 5.75 Å². The summed E-state index contributed by atoms with van der Waals surface area (Å²) in [6.07, 6.45) is 2.51. The number of amides is 3. The molecular weight excluding hydrogens is 374 g/mol. The van der Waals surface area contributed by atoms with Gasteiger partial charge in [-0.2, -0.15) is 11.8 Å². The highest BCUT2D eigenvalue weighted by atomic mass is 35.5. The molecule has 8 heteroatoms. The number of carbonyl (C=O) groups excluding carboxylic acids is 3. The molecule has 1 saturated heterocycles. The van der Waals surface area contributed by atoms with Crippen LogP contribution in [0.5, 0.6) is 0 Å². The van der Waals surface area contributed by atoms with Gasteiger partial charge >= 0.3 is 0 Å². The Morgan fingerprint density at radius 3 is 2.35 bits per heavy atom. The molecule has 3 amide bonds. The number of halogens is 1. The van der Waals surface area contributed by atoms with Gasteiger partial charge in [0.15, 0.2) is 0 Å². The summed E-state index contributed by atoms with van der Waals surface area (Å²) in [5, 5.41) is 3.19. The average molecular weight is 398 g/mol. The average Bonchev–Trinajstić information content (AvgIpc) is 2.64. The van der Waals surface area contributed by atoms with Crippen molar-refractivity contribution in [1.82, 2.24) is 15.1 Å². The van der Waals surface area contributed by atoms with Crippen LogP contribution in [-0.2, 0) is 9.59 Å². The number of hydrogen-bond donors (Lipinski definition) is 1. The highest BCUT2D eigenvalue weighted by Crippen LogP contribution is 2.16. The Hall–Kier alpha value is -1.73. The quantitative estimate of drug-likeness (QED) is 0.795. The SMILES string of the molecule is CSCCC(NC(=O)c1ccccc1Cl)C(=O)N1CCN(C(C)=O)CC1. The number of thioether (sulfide) groups is 1. The Labute approximate surface area is 163 Å². The summed E-state index contributed by atoms with van der Waals surface area (Å²) in [6, 6.07) is 6.18. The predicted octanol–water partition coefficient (Wildman–Crippen LogP) is 1.88. The van der Waals surface area contributed by atoms with Crippen molar-refractivity contribution in [2.75, 3.05) is 38.2 Å². The number of piperazine rings is 1. The van der Waals surface area contributed by atoms with Gasteiger partial charge in [-0.25, -0.2) is 0 Å². The van der Waals surface area contributed by atoms with Gasteiger partial charge in [-0.1, -0.05) is 23.7 Å². The first kappa shape index (κ1) is 20.6. The first-order chi connectivity index (χ1) is 12.4. The number of carbonyl (C=O) groups is 3. The molecule has 0 aliphatic carbocycles.